The summed E-state index contributed by atoms with van der Waals surface area (Å²) < 4.78 is 5.18. The summed E-state index contributed by atoms with van der Waals surface area (Å²) in [7, 11) is 0. The molecule has 1 heterocycles. The van der Waals surface area contributed by atoms with Gasteiger partial charge in [0.05, 0.1) is 11.4 Å². The van der Waals surface area contributed by atoms with Crippen LogP contribution in [0.1, 0.15) is 10.8 Å². The Morgan fingerprint density at radius 2 is 2.38 bits per heavy atom. The van der Waals surface area contributed by atoms with Gasteiger partial charge in [0, 0.05) is 11.6 Å². The number of oxazole rings is 1. The fourth-order valence-electron chi connectivity index (χ4n) is 1.35. The van der Waals surface area contributed by atoms with Crippen LogP contribution in [0, 0.1) is 0 Å². The highest BCUT2D eigenvalue weighted by atomic mass is 35.5. The lowest BCUT2D eigenvalue weighted by Gasteiger charge is -2.12. The number of hydrogen-bond acceptors (Lipinski definition) is 4. The quantitative estimate of drug-likeness (QED) is 0.852. The van der Waals surface area contributed by atoms with Crippen molar-refractivity contribution in [2.75, 3.05) is 6.54 Å². The number of hydrogen-bond donors (Lipinski definition) is 1. The molecule has 0 amide bonds. The Bertz CT molecular complexity index is 447. The van der Waals surface area contributed by atoms with Gasteiger partial charge in [-0.15, -0.1) is 0 Å². The van der Waals surface area contributed by atoms with Crippen LogP contribution >= 0.6 is 23.4 Å². The summed E-state index contributed by atoms with van der Waals surface area (Å²) in [5.41, 5.74) is 6.82. The minimum atomic E-state index is 0.109. The van der Waals surface area contributed by atoms with Crippen molar-refractivity contribution in [3.63, 3.8) is 0 Å². The molecule has 0 aliphatic carbocycles. The summed E-state index contributed by atoms with van der Waals surface area (Å²) in [6.07, 6.45) is 3.17. The van der Waals surface area contributed by atoms with Gasteiger partial charge >= 0.3 is 0 Å². The third kappa shape index (κ3) is 2.78. The van der Waals surface area contributed by atoms with E-state index in [0.717, 1.165) is 5.56 Å². The van der Waals surface area contributed by atoms with Crippen molar-refractivity contribution in [1.82, 2.24) is 4.98 Å². The monoisotopic (exact) mass is 254 g/mol. The number of halogens is 1. The number of rotatable bonds is 4. The standard InChI is InChI=1S/C11H11ClN2OS/c12-9-3-1-2-8(6-9)10(7-13)16-11-14-4-5-15-11/h1-6,10H,7,13H2. The summed E-state index contributed by atoms with van der Waals surface area (Å²) in [6, 6.07) is 7.67. The van der Waals surface area contributed by atoms with Crippen LogP contribution in [0.4, 0.5) is 0 Å². The van der Waals surface area contributed by atoms with Crippen molar-refractivity contribution in [2.24, 2.45) is 5.73 Å². The average Bonchev–Trinajstić information content (AvgIpc) is 2.78. The lowest BCUT2D eigenvalue weighted by Crippen LogP contribution is -2.09. The molecule has 1 atom stereocenters. The molecule has 0 aliphatic rings. The maximum Gasteiger partial charge on any atom is 0.256 e. The van der Waals surface area contributed by atoms with Gasteiger partial charge in [-0.25, -0.2) is 4.98 Å². The van der Waals surface area contributed by atoms with E-state index in [2.05, 4.69) is 4.98 Å². The molecule has 2 rings (SSSR count). The molecule has 2 N–H and O–H groups in total. The van der Waals surface area contributed by atoms with E-state index < -0.39 is 0 Å². The minimum absolute atomic E-state index is 0.109. The van der Waals surface area contributed by atoms with Crippen molar-refractivity contribution in [1.29, 1.82) is 0 Å². The fraction of sp³-hybridized carbons (Fsp3) is 0.182. The van der Waals surface area contributed by atoms with Gasteiger partial charge in [0.15, 0.2) is 0 Å². The van der Waals surface area contributed by atoms with Crippen molar-refractivity contribution >= 4 is 23.4 Å². The zero-order chi connectivity index (χ0) is 11.4. The van der Waals surface area contributed by atoms with E-state index in [4.69, 9.17) is 21.8 Å². The molecule has 0 radical (unpaired) electrons. The van der Waals surface area contributed by atoms with Crippen LogP contribution in [-0.4, -0.2) is 11.5 Å². The molecule has 3 nitrogen and oxygen atoms in total. The predicted molar refractivity (Wildman–Crippen MR) is 65.6 cm³/mol. The van der Waals surface area contributed by atoms with E-state index in [1.54, 1.807) is 12.5 Å². The number of thioether (sulfide) groups is 1. The van der Waals surface area contributed by atoms with Crippen molar-refractivity contribution < 1.29 is 4.42 Å². The second-order valence-corrected chi connectivity index (χ2v) is 4.79. The first-order valence-electron chi connectivity index (χ1n) is 4.81. The third-order valence-corrected chi connectivity index (χ3v) is 3.47. The Morgan fingerprint density at radius 1 is 1.50 bits per heavy atom. The van der Waals surface area contributed by atoms with E-state index in [1.165, 1.54) is 11.8 Å². The highest BCUT2D eigenvalue weighted by molar-refractivity contribution is 7.99. The zero-order valence-corrected chi connectivity index (χ0v) is 10.0. The van der Waals surface area contributed by atoms with Crippen LogP contribution in [0.25, 0.3) is 0 Å². The summed E-state index contributed by atoms with van der Waals surface area (Å²) in [5.74, 6) is 0. The second kappa shape index (κ2) is 5.39. The molecule has 1 aromatic heterocycles. The van der Waals surface area contributed by atoms with E-state index >= 15 is 0 Å². The van der Waals surface area contributed by atoms with Crippen LogP contribution in [0.2, 0.25) is 5.02 Å². The maximum absolute atomic E-state index is 5.94. The van der Waals surface area contributed by atoms with Crippen LogP contribution < -0.4 is 5.73 Å². The average molecular weight is 255 g/mol. The Morgan fingerprint density at radius 3 is 3.00 bits per heavy atom. The number of benzene rings is 1. The SMILES string of the molecule is NCC(Sc1ncco1)c1cccc(Cl)c1. The molecule has 1 unspecified atom stereocenters. The molecule has 84 valence electrons. The number of nitrogens with zero attached hydrogens (tertiary/aromatic N) is 1. The van der Waals surface area contributed by atoms with Gasteiger partial charge in [-0.3, -0.25) is 0 Å². The van der Waals surface area contributed by atoms with E-state index in [-0.39, 0.29) is 5.25 Å². The molecular weight excluding hydrogens is 244 g/mol. The van der Waals surface area contributed by atoms with Gasteiger partial charge in [0.2, 0.25) is 0 Å². The van der Waals surface area contributed by atoms with Crippen LogP contribution in [-0.2, 0) is 0 Å². The van der Waals surface area contributed by atoms with Crippen molar-refractivity contribution in [3.8, 4) is 0 Å². The highest BCUT2D eigenvalue weighted by Crippen LogP contribution is 2.34. The van der Waals surface area contributed by atoms with Gasteiger partial charge in [-0.05, 0) is 17.7 Å². The highest BCUT2D eigenvalue weighted by Gasteiger charge is 2.14. The molecule has 0 aliphatic heterocycles. The third-order valence-electron chi connectivity index (χ3n) is 2.09. The Balaban J connectivity index is 2.16. The lowest BCUT2D eigenvalue weighted by atomic mass is 10.1. The molecule has 16 heavy (non-hydrogen) atoms. The van der Waals surface area contributed by atoms with E-state index in [1.807, 2.05) is 24.3 Å². The number of aromatic nitrogens is 1. The van der Waals surface area contributed by atoms with Gasteiger partial charge < -0.3 is 10.2 Å². The first-order valence-corrected chi connectivity index (χ1v) is 6.07. The Labute approximate surface area is 103 Å². The first-order chi connectivity index (χ1) is 7.79. The van der Waals surface area contributed by atoms with Gasteiger partial charge in [0.1, 0.15) is 6.26 Å². The fourth-order valence-corrected chi connectivity index (χ4v) is 2.40. The normalized spacial score (nSPS) is 12.6. The van der Waals surface area contributed by atoms with Crippen molar-refractivity contribution in [3.05, 3.63) is 47.3 Å². The smallest absolute Gasteiger partial charge is 0.256 e. The topological polar surface area (TPSA) is 52.0 Å². The van der Waals surface area contributed by atoms with Gasteiger partial charge in [-0.1, -0.05) is 35.5 Å². The summed E-state index contributed by atoms with van der Waals surface area (Å²) in [4.78, 5) is 4.06. The van der Waals surface area contributed by atoms with Crippen LogP contribution in [0.5, 0.6) is 0 Å². The molecule has 0 saturated heterocycles. The molecular formula is C11H11ClN2OS. The summed E-state index contributed by atoms with van der Waals surface area (Å²) in [5, 5.41) is 1.44. The molecule has 0 saturated carbocycles. The second-order valence-electron chi connectivity index (χ2n) is 3.20. The molecule has 2 aromatic rings. The maximum atomic E-state index is 5.94. The summed E-state index contributed by atoms with van der Waals surface area (Å²) in [6.45, 7) is 0.507. The zero-order valence-electron chi connectivity index (χ0n) is 8.47. The molecule has 1 aromatic carbocycles. The van der Waals surface area contributed by atoms with E-state index in [9.17, 15) is 0 Å². The minimum Gasteiger partial charge on any atom is -0.440 e. The summed E-state index contributed by atoms with van der Waals surface area (Å²) >= 11 is 7.43. The lowest BCUT2D eigenvalue weighted by molar-refractivity contribution is 0.453. The van der Waals surface area contributed by atoms with Gasteiger partial charge in [-0.2, -0.15) is 0 Å². The largest absolute Gasteiger partial charge is 0.440 e. The van der Waals surface area contributed by atoms with Crippen LogP contribution in [0.15, 0.2) is 46.4 Å². The van der Waals surface area contributed by atoms with Crippen molar-refractivity contribution in [2.45, 2.75) is 10.5 Å². The van der Waals surface area contributed by atoms with Gasteiger partial charge in [0.25, 0.3) is 5.22 Å². The molecule has 0 fully saturated rings. The Hall–Kier alpha value is -0.970. The molecule has 5 heteroatoms. The predicted octanol–water partition coefficient (Wildman–Crippen LogP) is 3.12. The first kappa shape index (κ1) is 11.5. The molecule has 0 bridgehead atoms. The number of nitrogens with two attached hydrogens (primary N) is 1. The van der Waals surface area contributed by atoms with E-state index in [0.29, 0.717) is 16.8 Å². The molecule has 0 spiro atoms. The van der Waals surface area contributed by atoms with Crippen LogP contribution in [0.3, 0.4) is 0 Å². The Kier molecular flexibility index (Phi) is 3.88.